The van der Waals surface area contributed by atoms with Gasteiger partial charge in [0.15, 0.2) is 0 Å². The van der Waals surface area contributed by atoms with Gasteiger partial charge in [-0.2, -0.15) is 15.0 Å². The van der Waals surface area contributed by atoms with Gasteiger partial charge in [0.1, 0.15) is 0 Å². The number of aromatic nitrogens is 3. The number of anilines is 3. The molecule has 0 saturated carbocycles. The smallest absolute Gasteiger partial charge is 0.232 e. The molecule has 11 heteroatoms. The average Bonchev–Trinajstić information content (AvgIpc) is 2.72. The zero-order chi connectivity index (χ0) is 22.8. The number of halogens is 1. The minimum Gasteiger partial charge on any atom is -0.350 e. The van der Waals surface area contributed by atoms with E-state index in [1.54, 1.807) is 0 Å². The highest BCUT2D eigenvalue weighted by Gasteiger charge is 2.28. The van der Waals surface area contributed by atoms with Gasteiger partial charge in [-0.05, 0) is 37.0 Å². The largest absolute Gasteiger partial charge is 0.350 e. The Bertz CT molecular complexity index is 856. The summed E-state index contributed by atoms with van der Waals surface area (Å²) >= 11 is 6.40. The van der Waals surface area contributed by atoms with Crippen LogP contribution in [-0.4, -0.2) is 65.3 Å². The number of nitrogens with two attached hydrogens (primary N) is 4. The standard InChI is InChI=1S/C21H33ClN10/c1-12-3-2-4-18(22)17(12)7-27-19-28-20(31-8-13(23)5-14(24)9-31)30-21(29-19)32-10-15(25)6-16(26)11-32/h2-4,13-16H,5-11,23-26H2,1H3,(H,27,28,29,30)/t13-,14+,15-,16+. The normalized spacial score (nSPS) is 26.3. The van der Waals surface area contributed by atoms with Gasteiger partial charge in [0.25, 0.3) is 0 Å². The Morgan fingerprint density at radius 2 is 1.38 bits per heavy atom. The van der Waals surface area contributed by atoms with Crippen LogP contribution in [0.15, 0.2) is 18.2 Å². The van der Waals surface area contributed by atoms with E-state index in [1.807, 2.05) is 34.9 Å². The van der Waals surface area contributed by atoms with E-state index in [1.165, 1.54) is 0 Å². The first-order valence-electron chi connectivity index (χ1n) is 11.0. The van der Waals surface area contributed by atoms with E-state index in [4.69, 9.17) is 39.5 Å². The van der Waals surface area contributed by atoms with Crippen molar-refractivity contribution in [2.45, 2.75) is 50.5 Å². The van der Waals surface area contributed by atoms with E-state index < -0.39 is 0 Å². The summed E-state index contributed by atoms with van der Waals surface area (Å²) in [5.74, 6) is 1.56. The number of aryl methyl sites for hydroxylation is 1. The second-order valence-electron chi connectivity index (χ2n) is 8.97. The van der Waals surface area contributed by atoms with Gasteiger partial charge in [-0.15, -0.1) is 0 Å². The molecular weight excluding hydrogens is 428 g/mol. The summed E-state index contributed by atoms with van der Waals surface area (Å²) < 4.78 is 0. The molecule has 3 heterocycles. The maximum atomic E-state index is 6.40. The summed E-state index contributed by atoms with van der Waals surface area (Å²) in [5.41, 5.74) is 26.9. The molecule has 4 rings (SSSR count). The molecule has 9 N–H and O–H groups in total. The summed E-state index contributed by atoms with van der Waals surface area (Å²) in [7, 11) is 0. The summed E-state index contributed by atoms with van der Waals surface area (Å²) in [5, 5.41) is 4.02. The van der Waals surface area contributed by atoms with Crippen LogP contribution in [0.1, 0.15) is 24.0 Å². The molecule has 0 radical (unpaired) electrons. The zero-order valence-corrected chi connectivity index (χ0v) is 19.2. The highest BCUT2D eigenvalue weighted by Crippen LogP contribution is 2.24. The quantitative estimate of drug-likeness (QED) is 0.416. The summed E-state index contributed by atoms with van der Waals surface area (Å²) in [4.78, 5) is 18.2. The molecule has 2 fully saturated rings. The van der Waals surface area contributed by atoms with Gasteiger partial charge in [-0.3, -0.25) is 0 Å². The van der Waals surface area contributed by atoms with Crippen LogP contribution in [0.4, 0.5) is 17.8 Å². The van der Waals surface area contributed by atoms with E-state index in [-0.39, 0.29) is 24.2 Å². The van der Waals surface area contributed by atoms with Crippen molar-refractivity contribution in [2.75, 3.05) is 41.3 Å². The van der Waals surface area contributed by atoms with Crippen LogP contribution in [0, 0.1) is 6.92 Å². The van der Waals surface area contributed by atoms with Crippen LogP contribution >= 0.6 is 11.6 Å². The van der Waals surface area contributed by atoms with Gasteiger partial charge in [-0.25, -0.2) is 0 Å². The minimum absolute atomic E-state index is 0.0296. The predicted octanol–water partition coefficient (Wildman–Crippen LogP) is 0.175. The molecular formula is C21H33ClN10. The molecule has 0 unspecified atom stereocenters. The molecule has 0 spiro atoms. The second kappa shape index (κ2) is 9.72. The lowest BCUT2D eigenvalue weighted by Crippen LogP contribution is -2.54. The fourth-order valence-electron chi connectivity index (χ4n) is 4.46. The van der Waals surface area contributed by atoms with Gasteiger partial charge < -0.3 is 38.1 Å². The Hall–Kier alpha value is -2.24. The first-order chi connectivity index (χ1) is 15.3. The summed E-state index contributed by atoms with van der Waals surface area (Å²) in [6, 6.07) is 5.72. The second-order valence-corrected chi connectivity index (χ2v) is 9.38. The van der Waals surface area contributed by atoms with Gasteiger partial charge in [-0.1, -0.05) is 23.7 Å². The van der Waals surface area contributed by atoms with Crippen LogP contribution in [0.3, 0.4) is 0 Å². The van der Waals surface area contributed by atoms with E-state index in [9.17, 15) is 0 Å². The Morgan fingerprint density at radius 1 is 0.875 bits per heavy atom. The van der Waals surface area contributed by atoms with Gasteiger partial charge in [0.05, 0.1) is 0 Å². The van der Waals surface area contributed by atoms with Crippen molar-refractivity contribution in [3.63, 3.8) is 0 Å². The van der Waals surface area contributed by atoms with Crippen LogP contribution in [0.5, 0.6) is 0 Å². The molecule has 1 aromatic heterocycles. The third kappa shape index (κ3) is 5.38. The van der Waals surface area contributed by atoms with Crippen molar-refractivity contribution < 1.29 is 0 Å². The first-order valence-corrected chi connectivity index (χ1v) is 11.4. The lowest BCUT2D eigenvalue weighted by molar-refractivity contribution is 0.441. The summed E-state index contributed by atoms with van der Waals surface area (Å²) in [6.45, 7) is 5.07. The first kappa shape index (κ1) is 22.9. The Kier molecular flexibility index (Phi) is 6.96. The number of nitrogens with zero attached hydrogens (tertiary/aromatic N) is 5. The van der Waals surface area contributed by atoms with Crippen molar-refractivity contribution in [3.8, 4) is 0 Å². The zero-order valence-electron chi connectivity index (χ0n) is 18.4. The third-order valence-corrected chi connectivity index (χ3v) is 6.34. The molecule has 1 aromatic carbocycles. The van der Waals surface area contributed by atoms with Crippen molar-refractivity contribution in [1.82, 2.24) is 15.0 Å². The number of hydrogen-bond donors (Lipinski definition) is 5. The topological polar surface area (TPSA) is 161 Å². The predicted molar refractivity (Wildman–Crippen MR) is 129 cm³/mol. The summed E-state index contributed by atoms with van der Waals surface area (Å²) in [6.07, 6.45) is 1.56. The molecule has 32 heavy (non-hydrogen) atoms. The SMILES string of the molecule is Cc1cccc(Cl)c1CNc1nc(N2C[C@H](N)C[C@H](N)C2)nc(N2C[C@H](N)C[C@H](N)C2)n1. The lowest BCUT2D eigenvalue weighted by atomic mass is 10.0. The van der Waals surface area contributed by atoms with E-state index in [0.29, 0.717) is 55.6 Å². The third-order valence-electron chi connectivity index (χ3n) is 5.98. The number of nitrogens with one attached hydrogen (secondary N) is 1. The molecule has 2 saturated heterocycles. The van der Waals surface area contributed by atoms with E-state index in [0.717, 1.165) is 24.0 Å². The van der Waals surface area contributed by atoms with Crippen molar-refractivity contribution in [1.29, 1.82) is 0 Å². The highest BCUT2D eigenvalue weighted by molar-refractivity contribution is 6.31. The average molecular weight is 461 g/mol. The number of rotatable bonds is 5. The number of piperidine rings is 2. The fraction of sp³-hybridized carbons (Fsp3) is 0.571. The Morgan fingerprint density at radius 3 is 1.84 bits per heavy atom. The van der Waals surface area contributed by atoms with Crippen LogP contribution in [-0.2, 0) is 6.54 Å². The fourth-order valence-corrected chi connectivity index (χ4v) is 4.75. The van der Waals surface area contributed by atoms with E-state index in [2.05, 4.69) is 15.3 Å². The molecule has 0 bridgehead atoms. The molecule has 2 aliphatic rings. The van der Waals surface area contributed by atoms with Gasteiger partial charge >= 0.3 is 0 Å². The van der Waals surface area contributed by atoms with Crippen LogP contribution in [0.25, 0.3) is 0 Å². The van der Waals surface area contributed by atoms with Gasteiger partial charge in [0.2, 0.25) is 17.8 Å². The number of hydrogen-bond acceptors (Lipinski definition) is 10. The van der Waals surface area contributed by atoms with Crippen molar-refractivity contribution in [3.05, 3.63) is 34.3 Å². The van der Waals surface area contributed by atoms with Crippen molar-refractivity contribution >= 4 is 29.4 Å². The van der Waals surface area contributed by atoms with Gasteiger partial charge in [0, 0.05) is 61.9 Å². The Balaban J connectivity index is 1.64. The monoisotopic (exact) mass is 460 g/mol. The molecule has 10 nitrogen and oxygen atoms in total. The number of benzene rings is 1. The lowest BCUT2D eigenvalue weighted by Gasteiger charge is -2.37. The maximum Gasteiger partial charge on any atom is 0.232 e. The molecule has 4 atom stereocenters. The minimum atomic E-state index is -0.0296. The van der Waals surface area contributed by atoms with Crippen LogP contribution < -0.4 is 38.1 Å². The molecule has 0 aliphatic carbocycles. The molecule has 0 amide bonds. The maximum absolute atomic E-state index is 6.40. The molecule has 174 valence electrons. The van der Waals surface area contributed by atoms with Crippen molar-refractivity contribution in [2.24, 2.45) is 22.9 Å². The Labute approximate surface area is 193 Å². The highest BCUT2D eigenvalue weighted by atomic mass is 35.5. The molecule has 2 aromatic rings. The van der Waals surface area contributed by atoms with E-state index >= 15 is 0 Å². The van der Waals surface area contributed by atoms with Crippen LogP contribution in [0.2, 0.25) is 5.02 Å². The molecule has 2 aliphatic heterocycles.